The predicted molar refractivity (Wildman–Crippen MR) is 128 cm³/mol. The molecular formula is C22H29IN4O2. The molecule has 1 saturated heterocycles. The number of morpholine rings is 1. The summed E-state index contributed by atoms with van der Waals surface area (Å²) in [6.45, 7) is 6.80. The number of guanidine groups is 1. The Hall–Kier alpha value is -2.13. The Balaban J connectivity index is 0.00000300. The Morgan fingerprint density at radius 3 is 2.48 bits per heavy atom. The molecule has 7 heteroatoms. The number of rotatable bonds is 5. The van der Waals surface area contributed by atoms with Gasteiger partial charge in [-0.3, -0.25) is 9.79 Å². The van der Waals surface area contributed by atoms with Crippen molar-refractivity contribution in [2.45, 2.75) is 19.8 Å². The summed E-state index contributed by atoms with van der Waals surface area (Å²) in [5.41, 5.74) is 10.3. The number of hydrogen-bond donors (Lipinski definition) is 2. The summed E-state index contributed by atoms with van der Waals surface area (Å²) in [5.74, 6) is 0.00981. The van der Waals surface area contributed by atoms with Crippen LogP contribution in [0.5, 0.6) is 0 Å². The fourth-order valence-corrected chi connectivity index (χ4v) is 3.21. The van der Waals surface area contributed by atoms with Gasteiger partial charge in [-0.2, -0.15) is 0 Å². The van der Waals surface area contributed by atoms with Crippen LogP contribution < -0.4 is 11.1 Å². The lowest BCUT2D eigenvalue weighted by atomic mass is 9.97. The lowest BCUT2D eigenvalue weighted by Crippen LogP contribution is -2.43. The summed E-state index contributed by atoms with van der Waals surface area (Å²) in [6, 6.07) is 15.8. The van der Waals surface area contributed by atoms with Crippen molar-refractivity contribution in [3.63, 3.8) is 0 Å². The Labute approximate surface area is 189 Å². The van der Waals surface area contributed by atoms with Crippen molar-refractivity contribution in [1.29, 1.82) is 0 Å². The lowest BCUT2D eigenvalue weighted by molar-refractivity contribution is -0.136. The summed E-state index contributed by atoms with van der Waals surface area (Å²) in [5, 5.41) is 3.12. The smallest absolute Gasteiger partial charge is 0.232 e. The molecule has 1 aliphatic rings. The van der Waals surface area contributed by atoms with E-state index in [2.05, 4.69) is 24.2 Å². The number of nitrogens with zero attached hydrogens (tertiary/aromatic N) is 2. The summed E-state index contributed by atoms with van der Waals surface area (Å²) >= 11 is 0. The molecule has 1 heterocycles. The fraction of sp³-hybridized carbons (Fsp3) is 0.364. The monoisotopic (exact) mass is 508 g/mol. The first-order valence-electron chi connectivity index (χ1n) is 9.60. The molecule has 1 amide bonds. The number of nitrogens with two attached hydrogens (primary N) is 1. The maximum absolute atomic E-state index is 13.1. The van der Waals surface area contributed by atoms with E-state index in [1.165, 1.54) is 11.1 Å². The molecule has 0 spiro atoms. The quantitative estimate of drug-likeness (QED) is 0.369. The van der Waals surface area contributed by atoms with Crippen LogP contribution in [-0.2, 0) is 9.53 Å². The van der Waals surface area contributed by atoms with E-state index in [0.717, 1.165) is 11.3 Å². The Bertz CT molecular complexity index is 836. The van der Waals surface area contributed by atoms with Crippen molar-refractivity contribution in [2.24, 2.45) is 10.7 Å². The topological polar surface area (TPSA) is 79.9 Å². The van der Waals surface area contributed by atoms with Gasteiger partial charge >= 0.3 is 0 Å². The summed E-state index contributed by atoms with van der Waals surface area (Å²) in [7, 11) is 0. The highest BCUT2D eigenvalue weighted by Gasteiger charge is 2.27. The number of halogens is 1. The average Bonchev–Trinajstić information content (AvgIpc) is 2.72. The van der Waals surface area contributed by atoms with Crippen LogP contribution >= 0.6 is 24.0 Å². The third-order valence-electron chi connectivity index (χ3n) is 5.05. The van der Waals surface area contributed by atoms with E-state index >= 15 is 0 Å². The first kappa shape index (κ1) is 23.2. The van der Waals surface area contributed by atoms with Crippen molar-refractivity contribution in [3.8, 4) is 0 Å². The first-order chi connectivity index (χ1) is 13.5. The van der Waals surface area contributed by atoms with Gasteiger partial charge in [-0.25, -0.2) is 0 Å². The van der Waals surface area contributed by atoms with Crippen LogP contribution in [0.2, 0.25) is 0 Å². The number of carbonyl (C=O) groups is 1. The number of nitrogens with one attached hydrogen (secondary N) is 1. The van der Waals surface area contributed by atoms with Gasteiger partial charge in [0.15, 0.2) is 5.96 Å². The van der Waals surface area contributed by atoms with Gasteiger partial charge in [0.25, 0.3) is 0 Å². The van der Waals surface area contributed by atoms with Gasteiger partial charge in [-0.15, -0.1) is 24.0 Å². The molecular weight excluding hydrogens is 479 g/mol. The van der Waals surface area contributed by atoms with Gasteiger partial charge in [0.1, 0.15) is 0 Å². The number of carbonyl (C=O) groups excluding carboxylic acids is 1. The van der Waals surface area contributed by atoms with Crippen LogP contribution in [-0.4, -0.2) is 49.6 Å². The van der Waals surface area contributed by atoms with E-state index in [-0.39, 0.29) is 35.8 Å². The minimum Gasteiger partial charge on any atom is -0.378 e. The van der Waals surface area contributed by atoms with Gasteiger partial charge in [0.2, 0.25) is 5.91 Å². The SMILES string of the molecule is Cc1ccc(NC(N)=NCC(C(=O)N2CCOCC2)c2ccccc2)cc1C.I. The number of aliphatic imine (C=N–C) groups is 1. The highest BCUT2D eigenvalue weighted by molar-refractivity contribution is 14.0. The van der Waals surface area contributed by atoms with Crippen molar-refractivity contribution >= 4 is 41.5 Å². The number of aryl methyl sites for hydroxylation is 2. The number of ether oxygens (including phenoxy) is 1. The van der Waals surface area contributed by atoms with Crippen molar-refractivity contribution in [2.75, 3.05) is 38.2 Å². The summed E-state index contributed by atoms with van der Waals surface area (Å²) in [6.07, 6.45) is 0. The molecule has 29 heavy (non-hydrogen) atoms. The van der Waals surface area contributed by atoms with E-state index in [1.807, 2.05) is 53.4 Å². The van der Waals surface area contributed by atoms with E-state index < -0.39 is 0 Å². The molecule has 1 fully saturated rings. The Morgan fingerprint density at radius 1 is 1.14 bits per heavy atom. The molecule has 0 saturated carbocycles. The number of hydrogen-bond acceptors (Lipinski definition) is 3. The third kappa shape index (κ3) is 6.43. The molecule has 1 atom stereocenters. The van der Waals surface area contributed by atoms with E-state index in [9.17, 15) is 4.79 Å². The molecule has 156 valence electrons. The molecule has 6 nitrogen and oxygen atoms in total. The highest BCUT2D eigenvalue weighted by Crippen LogP contribution is 2.20. The van der Waals surface area contributed by atoms with Crippen molar-refractivity contribution in [1.82, 2.24) is 4.90 Å². The van der Waals surface area contributed by atoms with Gasteiger partial charge in [-0.05, 0) is 42.7 Å². The Morgan fingerprint density at radius 2 is 1.83 bits per heavy atom. The van der Waals surface area contributed by atoms with Crippen molar-refractivity contribution in [3.05, 3.63) is 65.2 Å². The molecule has 3 N–H and O–H groups in total. The first-order valence-corrected chi connectivity index (χ1v) is 9.60. The number of amides is 1. The Kier molecular flexibility index (Phi) is 8.91. The number of anilines is 1. The summed E-state index contributed by atoms with van der Waals surface area (Å²) < 4.78 is 5.37. The van der Waals surface area contributed by atoms with Gasteiger partial charge in [0.05, 0.1) is 25.7 Å². The zero-order valence-electron chi connectivity index (χ0n) is 16.9. The minimum atomic E-state index is -0.362. The van der Waals surface area contributed by atoms with Gasteiger partial charge in [-0.1, -0.05) is 36.4 Å². The van der Waals surface area contributed by atoms with Crippen LogP contribution in [0.25, 0.3) is 0 Å². The maximum Gasteiger partial charge on any atom is 0.232 e. The van der Waals surface area contributed by atoms with E-state index in [1.54, 1.807) is 0 Å². The lowest BCUT2D eigenvalue weighted by Gasteiger charge is -2.30. The van der Waals surface area contributed by atoms with Crippen LogP contribution in [0.15, 0.2) is 53.5 Å². The standard InChI is InChI=1S/C22H28N4O2.HI/c1-16-8-9-19(14-17(16)2)25-22(23)24-15-20(18-6-4-3-5-7-18)21(27)26-10-12-28-13-11-26;/h3-9,14,20H,10-13,15H2,1-2H3,(H3,23,24,25);1H. The molecule has 3 rings (SSSR count). The zero-order valence-corrected chi connectivity index (χ0v) is 19.3. The highest BCUT2D eigenvalue weighted by atomic mass is 127. The zero-order chi connectivity index (χ0) is 19.9. The average molecular weight is 508 g/mol. The molecule has 0 aromatic heterocycles. The molecule has 0 aliphatic carbocycles. The molecule has 2 aromatic rings. The van der Waals surface area contributed by atoms with E-state index in [0.29, 0.717) is 38.8 Å². The van der Waals surface area contributed by atoms with Gasteiger partial charge < -0.3 is 20.7 Å². The van der Waals surface area contributed by atoms with Crippen molar-refractivity contribution < 1.29 is 9.53 Å². The van der Waals surface area contributed by atoms with Gasteiger partial charge in [0, 0.05) is 18.8 Å². The largest absolute Gasteiger partial charge is 0.378 e. The van der Waals surface area contributed by atoms with Crippen LogP contribution in [0.4, 0.5) is 5.69 Å². The molecule has 1 unspecified atom stereocenters. The summed E-state index contributed by atoms with van der Waals surface area (Å²) in [4.78, 5) is 19.4. The molecule has 0 bridgehead atoms. The molecule has 0 radical (unpaired) electrons. The molecule has 2 aromatic carbocycles. The third-order valence-corrected chi connectivity index (χ3v) is 5.05. The maximum atomic E-state index is 13.1. The normalized spacial score (nSPS) is 15.4. The predicted octanol–water partition coefficient (Wildman–Crippen LogP) is 3.29. The second kappa shape index (κ2) is 11.2. The van der Waals surface area contributed by atoms with Crippen LogP contribution in [0, 0.1) is 13.8 Å². The second-order valence-electron chi connectivity index (χ2n) is 7.05. The van der Waals surface area contributed by atoms with Crippen LogP contribution in [0.3, 0.4) is 0 Å². The fourth-order valence-electron chi connectivity index (χ4n) is 3.21. The number of benzene rings is 2. The minimum absolute atomic E-state index is 0. The molecule has 1 aliphatic heterocycles. The van der Waals surface area contributed by atoms with Crippen LogP contribution in [0.1, 0.15) is 22.6 Å². The second-order valence-corrected chi connectivity index (χ2v) is 7.05. The van der Waals surface area contributed by atoms with E-state index in [4.69, 9.17) is 10.5 Å².